The smallest absolute Gasteiger partial charge is 0.316 e. The van der Waals surface area contributed by atoms with Gasteiger partial charge in [-0.25, -0.2) is 0 Å². The molecule has 0 N–H and O–H groups in total. The summed E-state index contributed by atoms with van der Waals surface area (Å²) in [5.41, 5.74) is -1.94. The SMILES string of the molecule is COc1c(Br)cc(S(F)(F)(F)(F)F)c([N+](=O)[O-])c1Cl. The molecule has 0 bridgehead atoms. The molecule has 4 nitrogen and oxygen atoms in total. The number of halogens is 7. The molecule has 1 rings (SSSR count). The van der Waals surface area contributed by atoms with Gasteiger partial charge < -0.3 is 4.74 Å². The van der Waals surface area contributed by atoms with Gasteiger partial charge in [-0.05, 0) is 22.0 Å². The third-order valence-corrected chi connectivity index (χ3v) is 4.00. The van der Waals surface area contributed by atoms with Crippen LogP contribution in [0.1, 0.15) is 0 Å². The minimum Gasteiger partial charge on any atom is -0.494 e. The standard InChI is InChI=1S/C7H4BrClF5NO3S/c1-18-7-3(8)2-4(19(10,11,12,13)14)6(5(7)9)15(16)17/h2H,1H3. The lowest BCUT2D eigenvalue weighted by Crippen LogP contribution is -2.10. The maximum absolute atomic E-state index is 12.7. The Bertz CT molecular complexity index is 578. The third-order valence-electron chi connectivity index (χ3n) is 1.92. The molecule has 0 fully saturated rings. The van der Waals surface area contributed by atoms with Crippen molar-refractivity contribution in [3.8, 4) is 5.75 Å². The molecule has 0 aliphatic carbocycles. The van der Waals surface area contributed by atoms with E-state index in [1.807, 2.05) is 0 Å². The van der Waals surface area contributed by atoms with Crippen LogP contribution in [0.15, 0.2) is 15.4 Å². The lowest BCUT2D eigenvalue weighted by atomic mass is 10.3. The number of nitrogens with zero attached hydrogens (tertiary/aromatic N) is 1. The monoisotopic (exact) mass is 391 g/mol. The molecular formula is C7H4BrClF5NO3S. The zero-order chi connectivity index (χ0) is 15.3. The van der Waals surface area contributed by atoms with Gasteiger partial charge in [0.25, 0.3) is 0 Å². The van der Waals surface area contributed by atoms with E-state index in [0.29, 0.717) is 0 Å². The molecule has 0 aliphatic rings. The molecular weight excluding hydrogens is 388 g/mol. The summed E-state index contributed by atoms with van der Waals surface area (Å²) in [4.78, 5) is 6.28. The fourth-order valence-corrected chi connectivity index (χ4v) is 3.36. The Labute approximate surface area is 116 Å². The predicted molar refractivity (Wildman–Crippen MR) is 63.8 cm³/mol. The molecule has 0 atom stereocenters. The first kappa shape index (κ1) is 16.2. The summed E-state index contributed by atoms with van der Waals surface area (Å²) in [6.07, 6.45) is 0. The van der Waals surface area contributed by atoms with Crippen LogP contribution in [0, 0.1) is 10.1 Å². The molecule has 0 radical (unpaired) electrons. The molecule has 12 heteroatoms. The fourth-order valence-electron chi connectivity index (χ4n) is 1.22. The van der Waals surface area contributed by atoms with Gasteiger partial charge in [0, 0.05) is 0 Å². The van der Waals surface area contributed by atoms with Crippen LogP contribution >= 0.6 is 37.8 Å². The Morgan fingerprint density at radius 2 is 1.84 bits per heavy atom. The van der Waals surface area contributed by atoms with Crippen LogP contribution in [0.25, 0.3) is 0 Å². The van der Waals surface area contributed by atoms with Crippen LogP contribution in [0.5, 0.6) is 5.75 Å². The largest absolute Gasteiger partial charge is 0.494 e. The molecule has 19 heavy (non-hydrogen) atoms. The number of nitro benzene ring substituents is 1. The summed E-state index contributed by atoms with van der Waals surface area (Å²) in [6, 6.07) is -0.121. The Balaban J connectivity index is 3.94. The average Bonchev–Trinajstić information content (AvgIpc) is 2.12. The number of methoxy groups -OCH3 is 1. The maximum Gasteiger partial charge on any atom is 0.316 e. The van der Waals surface area contributed by atoms with Crippen molar-refractivity contribution in [1.29, 1.82) is 0 Å². The Hall–Kier alpha value is -0.810. The van der Waals surface area contributed by atoms with Crippen molar-refractivity contribution in [2.45, 2.75) is 4.90 Å². The second kappa shape index (κ2) is 3.85. The van der Waals surface area contributed by atoms with E-state index in [1.54, 1.807) is 0 Å². The van der Waals surface area contributed by atoms with Crippen molar-refractivity contribution in [2.75, 3.05) is 7.11 Å². The van der Waals surface area contributed by atoms with Crippen LogP contribution in [0.2, 0.25) is 5.02 Å². The van der Waals surface area contributed by atoms with Crippen LogP contribution in [-0.4, -0.2) is 12.0 Å². The highest BCUT2D eigenvalue weighted by molar-refractivity contribution is 9.10. The van der Waals surface area contributed by atoms with E-state index in [2.05, 4.69) is 20.7 Å². The van der Waals surface area contributed by atoms with Crippen molar-refractivity contribution in [3.63, 3.8) is 0 Å². The highest BCUT2D eigenvalue weighted by atomic mass is 79.9. The van der Waals surface area contributed by atoms with E-state index in [1.165, 1.54) is 0 Å². The molecule has 0 aliphatic heterocycles. The number of nitro groups is 1. The van der Waals surface area contributed by atoms with Crippen LogP contribution in [0.3, 0.4) is 0 Å². The number of hydrogen-bond acceptors (Lipinski definition) is 3. The van der Waals surface area contributed by atoms with Gasteiger partial charge in [0.15, 0.2) is 15.7 Å². The van der Waals surface area contributed by atoms with Crippen molar-refractivity contribution in [2.24, 2.45) is 0 Å². The molecule has 0 saturated heterocycles. The molecule has 1 aromatic carbocycles. The van der Waals surface area contributed by atoms with E-state index in [9.17, 15) is 29.5 Å². The average molecular weight is 393 g/mol. The molecule has 0 unspecified atom stereocenters. The first-order valence-corrected chi connectivity index (χ1v) is 7.25. The van der Waals surface area contributed by atoms with E-state index in [-0.39, 0.29) is 6.07 Å². The van der Waals surface area contributed by atoms with Gasteiger partial charge in [-0.15, -0.1) is 0 Å². The number of hydrogen-bond donors (Lipinski definition) is 0. The maximum atomic E-state index is 12.7. The second-order valence-corrected chi connectivity index (χ2v) is 6.89. The van der Waals surface area contributed by atoms with Crippen LogP contribution in [0.4, 0.5) is 25.1 Å². The first-order chi connectivity index (χ1) is 8.18. The summed E-state index contributed by atoms with van der Waals surface area (Å²) in [5, 5.41) is 9.43. The number of rotatable bonds is 3. The Morgan fingerprint density at radius 3 is 2.16 bits per heavy atom. The molecule has 1 aromatic rings. The molecule has 0 aromatic heterocycles. The molecule has 110 valence electrons. The molecule has 0 spiro atoms. The van der Waals surface area contributed by atoms with Crippen molar-refractivity contribution >= 4 is 43.4 Å². The minimum atomic E-state index is -10.3. The molecule has 0 heterocycles. The van der Waals surface area contributed by atoms with Gasteiger partial charge >= 0.3 is 15.9 Å². The number of ether oxygens (including phenoxy) is 1. The summed E-state index contributed by atoms with van der Waals surface area (Å²) in [5.74, 6) is -0.543. The second-order valence-electron chi connectivity index (χ2n) is 3.28. The lowest BCUT2D eigenvalue weighted by Gasteiger charge is -2.40. The summed E-state index contributed by atoms with van der Waals surface area (Å²) in [6.45, 7) is 0. The highest BCUT2D eigenvalue weighted by Crippen LogP contribution is 3.03. The quantitative estimate of drug-likeness (QED) is 0.378. The van der Waals surface area contributed by atoms with Gasteiger partial charge in [0.05, 0.1) is 16.5 Å². The molecule has 0 amide bonds. The Kier molecular flexibility index (Phi) is 3.30. The van der Waals surface area contributed by atoms with Gasteiger partial charge in [-0.3, -0.25) is 10.1 Å². The predicted octanol–water partition coefficient (Wildman–Crippen LogP) is 5.68. The third kappa shape index (κ3) is 3.20. The summed E-state index contributed by atoms with van der Waals surface area (Å²) in [7, 11) is -9.30. The highest BCUT2D eigenvalue weighted by Gasteiger charge is 2.69. The van der Waals surface area contributed by atoms with Gasteiger partial charge in [0.1, 0.15) is 0 Å². The lowest BCUT2D eigenvalue weighted by molar-refractivity contribution is -0.388. The fraction of sp³-hybridized carbons (Fsp3) is 0.143. The van der Waals surface area contributed by atoms with E-state index >= 15 is 0 Å². The van der Waals surface area contributed by atoms with Crippen LogP contribution in [-0.2, 0) is 0 Å². The van der Waals surface area contributed by atoms with Crippen molar-refractivity contribution in [1.82, 2.24) is 0 Å². The normalized spacial score (nSPS) is 15.6. The van der Waals surface area contributed by atoms with E-state index in [0.717, 1.165) is 7.11 Å². The van der Waals surface area contributed by atoms with E-state index < -0.39 is 41.0 Å². The summed E-state index contributed by atoms with van der Waals surface area (Å²) < 4.78 is 67.6. The number of benzene rings is 1. The van der Waals surface area contributed by atoms with Gasteiger partial charge in [-0.2, -0.15) is 0 Å². The zero-order valence-electron chi connectivity index (χ0n) is 8.80. The first-order valence-electron chi connectivity index (χ1n) is 4.13. The van der Waals surface area contributed by atoms with Crippen molar-refractivity contribution < 1.29 is 29.1 Å². The zero-order valence-corrected chi connectivity index (χ0v) is 12.0. The van der Waals surface area contributed by atoms with Crippen molar-refractivity contribution in [3.05, 3.63) is 25.7 Å². The van der Waals surface area contributed by atoms with E-state index in [4.69, 9.17) is 11.6 Å². The van der Waals surface area contributed by atoms with Gasteiger partial charge in [0.2, 0.25) is 0 Å². The van der Waals surface area contributed by atoms with Crippen LogP contribution < -0.4 is 4.74 Å². The Morgan fingerprint density at radius 1 is 1.37 bits per heavy atom. The molecule has 0 saturated carbocycles. The van der Waals surface area contributed by atoms with Gasteiger partial charge in [-0.1, -0.05) is 31.0 Å². The summed E-state index contributed by atoms with van der Waals surface area (Å²) >= 11 is 7.87. The topological polar surface area (TPSA) is 52.4 Å². The minimum absolute atomic E-state index is 0.121.